The summed E-state index contributed by atoms with van der Waals surface area (Å²) in [7, 11) is 1.60. The monoisotopic (exact) mass is 421 g/mol. The van der Waals surface area contributed by atoms with Crippen molar-refractivity contribution in [2.75, 3.05) is 11.9 Å². The zero-order chi connectivity index (χ0) is 21.6. The number of aromatic nitrogens is 2. The summed E-state index contributed by atoms with van der Waals surface area (Å²) in [5, 5.41) is 0. The number of ether oxygens (including phenoxy) is 1. The first-order valence-electron chi connectivity index (χ1n) is 10.8. The van der Waals surface area contributed by atoms with Crippen molar-refractivity contribution in [1.29, 1.82) is 0 Å². The maximum absolute atomic E-state index is 13.7. The molecule has 1 fully saturated rings. The average molecular weight is 422 g/mol. The highest BCUT2D eigenvalue weighted by atomic mass is 19.4. The Bertz CT molecular complexity index is 820. The SMILES string of the molecule is CCCCCc1cccc(N(C)c2nc(OC3CCCCC3)ncc2C(F)(F)F)c1. The molecule has 1 aliphatic carbocycles. The molecule has 1 saturated carbocycles. The van der Waals surface area contributed by atoms with Crippen LogP contribution in [0.4, 0.5) is 24.7 Å². The molecule has 1 heterocycles. The van der Waals surface area contributed by atoms with Crippen LogP contribution in [0.2, 0.25) is 0 Å². The van der Waals surface area contributed by atoms with Gasteiger partial charge in [0.15, 0.2) is 5.82 Å². The van der Waals surface area contributed by atoms with Crippen molar-refractivity contribution in [2.45, 2.75) is 77.0 Å². The first-order valence-corrected chi connectivity index (χ1v) is 10.8. The molecular weight excluding hydrogens is 391 g/mol. The molecular formula is C23H30F3N3O. The van der Waals surface area contributed by atoms with Gasteiger partial charge in [0.05, 0.1) is 0 Å². The second-order valence-electron chi connectivity index (χ2n) is 7.95. The minimum absolute atomic E-state index is 0.0100. The quantitative estimate of drug-likeness (QED) is 0.444. The lowest BCUT2D eigenvalue weighted by Crippen LogP contribution is -2.23. The van der Waals surface area contributed by atoms with E-state index in [0.717, 1.165) is 69.5 Å². The zero-order valence-electron chi connectivity index (χ0n) is 17.7. The van der Waals surface area contributed by atoms with Crippen molar-refractivity contribution >= 4 is 11.5 Å². The van der Waals surface area contributed by atoms with Crippen LogP contribution in [0.3, 0.4) is 0 Å². The van der Waals surface area contributed by atoms with Crippen molar-refractivity contribution in [2.24, 2.45) is 0 Å². The average Bonchev–Trinajstić information content (AvgIpc) is 2.73. The van der Waals surface area contributed by atoms with Gasteiger partial charge in [-0.15, -0.1) is 0 Å². The lowest BCUT2D eigenvalue weighted by Gasteiger charge is -2.25. The van der Waals surface area contributed by atoms with E-state index in [2.05, 4.69) is 16.9 Å². The molecule has 0 aliphatic heterocycles. The standard InChI is InChI=1S/C23H30F3N3O/c1-3-4-6-10-17-11-9-12-18(15-17)29(2)21-20(23(24,25)26)16-27-22(28-21)30-19-13-7-5-8-14-19/h9,11-12,15-16,19H,3-8,10,13-14H2,1-2H3. The topological polar surface area (TPSA) is 38.2 Å². The fourth-order valence-corrected chi connectivity index (χ4v) is 3.82. The summed E-state index contributed by atoms with van der Waals surface area (Å²) in [5.41, 5.74) is 0.906. The van der Waals surface area contributed by atoms with Gasteiger partial charge in [-0.05, 0) is 56.2 Å². The van der Waals surface area contributed by atoms with Gasteiger partial charge in [-0.25, -0.2) is 4.98 Å². The van der Waals surface area contributed by atoms with Crippen LogP contribution < -0.4 is 9.64 Å². The molecule has 0 amide bonds. The van der Waals surface area contributed by atoms with Crippen LogP contribution in [0.15, 0.2) is 30.5 Å². The first-order chi connectivity index (χ1) is 14.4. The van der Waals surface area contributed by atoms with Crippen molar-refractivity contribution in [3.05, 3.63) is 41.6 Å². The number of hydrogen-bond acceptors (Lipinski definition) is 4. The predicted octanol–water partition coefficient (Wildman–Crippen LogP) is 6.71. The molecule has 1 aromatic carbocycles. The van der Waals surface area contributed by atoms with Gasteiger partial charge < -0.3 is 9.64 Å². The summed E-state index contributed by atoms with van der Waals surface area (Å²) >= 11 is 0. The van der Waals surface area contributed by atoms with Gasteiger partial charge >= 0.3 is 12.2 Å². The highest BCUT2D eigenvalue weighted by Gasteiger charge is 2.37. The van der Waals surface area contributed by atoms with Gasteiger partial charge in [0.25, 0.3) is 0 Å². The van der Waals surface area contributed by atoms with Crippen LogP contribution in [0.5, 0.6) is 6.01 Å². The van der Waals surface area contributed by atoms with Crippen LogP contribution in [0, 0.1) is 0 Å². The number of nitrogens with zero attached hydrogens (tertiary/aromatic N) is 3. The van der Waals surface area contributed by atoms with Crippen LogP contribution in [0.25, 0.3) is 0 Å². The molecule has 7 heteroatoms. The molecule has 0 atom stereocenters. The Morgan fingerprint density at radius 1 is 1.13 bits per heavy atom. The maximum atomic E-state index is 13.7. The normalized spacial score (nSPS) is 15.2. The molecule has 4 nitrogen and oxygen atoms in total. The Kier molecular flexibility index (Phi) is 7.56. The van der Waals surface area contributed by atoms with Gasteiger partial charge in [0.1, 0.15) is 11.7 Å². The van der Waals surface area contributed by atoms with E-state index in [4.69, 9.17) is 4.74 Å². The molecule has 0 saturated heterocycles. The summed E-state index contributed by atoms with van der Waals surface area (Å²) in [6.07, 6.45) is 5.52. The third-order valence-corrected chi connectivity index (χ3v) is 5.56. The number of alkyl halides is 3. The lowest BCUT2D eigenvalue weighted by atomic mass is 9.98. The molecule has 0 bridgehead atoms. The van der Waals surface area contributed by atoms with E-state index in [1.54, 1.807) is 13.1 Å². The first kappa shape index (κ1) is 22.4. The fraction of sp³-hybridized carbons (Fsp3) is 0.565. The Morgan fingerprint density at radius 2 is 1.90 bits per heavy atom. The van der Waals surface area contributed by atoms with Crippen LogP contribution >= 0.6 is 0 Å². The molecule has 3 rings (SSSR count). The Morgan fingerprint density at radius 3 is 2.60 bits per heavy atom. The van der Waals surface area contributed by atoms with Crippen LogP contribution in [-0.2, 0) is 12.6 Å². The van der Waals surface area contributed by atoms with E-state index in [-0.39, 0.29) is 17.9 Å². The number of anilines is 2. The molecule has 1 aliphatic rings. The predicted molar refractivity (Wildman–Crippen MR) is 112 cm³/mol. The van der Waals surface area contributed by atoms with Crippen LogP contribution in [-0.4, -0.2) is 23.1 Å². The second kappa shape index (κ2) is 10.1. The molecule has 30 heavy (non-hydrogen) atoms. The van der Waals surface area contributed by atoms with Crippen molar-refractivity contribution < 1.29 is 17.9 Å². The second-order valence-corrected chi connectivity index (χ2v) is 7.95. The molecule has 0 N–H and O–H groups in total. The summed E-state index contributed by atoms with van der Waals surface area (Å²) in [4.78, 5) is 9.52. The number of benzene rings is 1. The lowest BCUT2D eigenvalue weighted by molar-refractivity contribution is -0.137. The number of halogens is 3. The van der Waals surface area contributed by atoms with E-state index >= 15 is 0 Å². The molecule has 0 spiro atoms. The van der Waals surface area contributed by atoms with Crippen molar-refractivity contribution in [1.82, 2.24) is 9.97 Å². The third-order valence-electron chi connectivity index (χ3n) is 5.56. The molecule has 0 radical (unpaired) electrons. The summed E-state index contributed by atoms with van der Waals surface area (Å²) < 4.78 is 46.8. The Balaban J connectivity index is 1.87. The molecule has 1 aromatic heterocycles. The smallest absolute Gasteiger partial charge is 0.421 e. The van der Waals surface area contributed by atoms with E-state index in [0.29, 0.717) is 5.69 Å². The Labute approximate surface area is 176 Å². The van der Waals surface area contributed by atoms with Crippen molar-refractivity contribution in [3.63, 3.8) is 0 Å². The molecule has 2 aromatic rings. The summed E-state index contributed by atoms with van der Waals surface area (Å²) in [6.45, 7) is 2.14. The van der Waals surface area contributed by atoms with Gasteiger partial charge in [-0.3, -0.25) is 0 Å². The van der Waals surface area contributed by atoms with E-state index in [1.807, 2.05) is 18.2 Å². The van der Waals surface area contributed by atoms with Crippen LogP contribution in [0.1, 0.15) is 69.4 Å². The highest BCUT2D eigenvalue weighted by Crippen LogP contribution is 2.38. The van der Waals surface area contributed by atoms with Gasteiger partial charge in [-0.1, -0.05) is 38.3 Å². The largest absolute Gasteiger partial charge is 0.460 e. The summed E-state index contributed by atoms with van der Waals surface area (Å²) in [6, 6.07) is 7.62. The van der Waals surface area contributed by atoms with E-state index in [9.17, 15) is 13.2 Å². The number of rotatable bonds is 8. The highest BCUT2D eigenvalue weighted by molar-refractivity contribution is 5.63. The van der Waals surface area contributed by atoms with Gasteiger partial charge in [0, 0.05) is 18.9 Å². The van der Waals surface area contributed by atoms with Gasteiger partial charge in [0.2, 0.25) is 0 Å². The van der Waals surface area contributed by atoms with Crippen molar-refractivity contribution in [3.8, 4) is 6.01 Å². The number of aryl methyl sites for hydroxylation is 1. The fourth-order valence-electron chi connectivity index (χ4n) is 3.82. The minimum Gasteiger partial charge on any atom is -0.460 e. The third kappa shape index (κ3) is 5.86. The number of hydrogen-bond donors (Lipinski definition) is 0. The minimum atomic E-state index is -4.55. The van der Waals surface area contributed by atoms with E-state index < -0.39 is 11.7 Å². The van der Waals surface area contributed by atoms with E-state index in [1.165, 1.54) is 4.90 Å². The molecule has 0 unspecified atom stereocenters. The maximum Gasteiger partial charge on any atom is 0.421 e. The zero-order valence-corrected chi connectivity index (χ0v) is 17.7. The molecule has 164 valence electrons. The van der Waals surface area contributed by atoms with Gasteiger partial charge in [-0.2, -0.15) is 18.2 Å². The Hall–Kier alpha value is -2.31. The number of unbranched alkanes of at least 4 members (excludes halogenated alkanes) is 2. The summed E-state index contributed by atoms with van der Waals surface area (Å²) in [5.74, 6) is -0.186.